The third-order valence-corrected chi connectivity index (χ3v) is 3.10. The lowest BCUT2D eigenvalue weighted by atomic mass is 10.0. The highest BCUT2D eigenvalue weighted by Crippen LogP contribution is 2.14. The molecule has 2 rings (SSSR count). The van der Waals surface area contributed by atoms with Crippen molar-refractivity contribution in [2.75, 3.05) is 19.7 Å². The Labute approximate surface area is 112 Å². The first-order valence-electron chi connectivity index (χ1n) is 6.22. The molecule has 1 heterocycles. The Bertz CT molecular complexity index is 504. The van der Waals surface area contributed by atoms with Gasteiger partial charge in [0.1, 0.15) is 6.61 Å². The van der Waals surface area contributed by atoms with E-state index in [0.29, 0.717) is 12.1 Å². The zero-order chi connectivity index (χ0) is 13.7. The summed E-state index contributed by atoms with van der Waals surface area (Å²) in [6.45, 7) is 4.02. The molecule has 0 aromatic heterocycles. The minimum Gasteiger partial charge on any atom is -0.363 e. The average molecular weight is 259 g/mol. The largest absolute Gasteiger partial charge is 0.363 e. The summed E-state index contributed by atoms with van der Waals surface area (Å²) in [6, 6.07) is 9.25. The van der Waals surface area contributed by atoms with Crippen LogP contribution in [-0.2, 0) is 16.1 Å². The molecule has 0 unspecified atom stereocenters. The van der Waals surface area contributed by atoms with Gasteiger partial charge < -0.3 is 15.4 Å². The maximum atomic E-state index is 11.6. The number of nitrogens with zero attached hydrogens (tertiary/aromatic N) is 1. The highest BCUT2D eigenvalue weighted by Gasteiger charge is 2.32. The number of carbonyl (C=O) groups is 1. The van der Waals surface area contributed by atoms with Crippen LogP contribution in [0.2, 0.25) is 0 Å². The molecule has 1 saturated heterocycles. The fraction of sp³-hybridized carbons (Fsp3) is 0.429. The smallest absolute Gasteiger partial charge is 0.246 e. The molecule has 2 N–H and O–H groups in total. The topological polar surface area (TPSA) is 74.1 Å². The third kappa shape index (κ3) is 3.78. The molecule has 19 heavy (non-hydrogen) atoms. The lowest BCUT2D eigenvalue weighted by Gasteiger charge is -2.38. The average Bonchev–Trinajstić information content (AvgIpc) is 2.41. The van der Waals surface area contributed by atoms with Gasteiger partial charge in [-0.15, -0.1) is 0 Å². The summed E-state index contributed by atoms with van der Waals surface area (Å²) in [5.41, 5.74) is 1.29. The van der Waals surface area contributed by atoms with Crippen molar-refractivity contribution in [3.8, 4) is 6.07 Å². The quantitative estimate of drug-likeness (QED) is 0.810. The van der Waals surface area contributed by atoms with E-state index in [9.17, 15) is 4.79 Å². The van der Waals surface area contributed by atoms with E-state index in [-0.39, 0.29) is 18.1 Å². The van der Waals surface area contributed by atoms with Crippen LogP contribution in [0.25, 0.3) is 0 Å². The van der Waals surface area contributed by atoms with Crippen molar-refractivity contribution in [3.05, 3.63) is 35.4 Å². The Balaban J connectivity index is 1.75. The summed E-state index contributed by atoms with van der Waals surface area (Å²) < 4.78 is 5.53. The van der Waals surface area contributed by atoms with Crippen LogP contribution in [0.4, 0.5) is 0 Å². The van der Waals surface area contributed by atoms with Crippen molar-refractivity contribution in [1.29, 1.82) is 5.26 Å². The van der Waals surface area contributed by atoms with Gasteiger partial charge in [-0.1, -0.05) is 12.1 Å². The van der Waals surface area contributed by atoms with Crippen molar-refractivity contribution in [2.45, 2.75) is 19.1 Å². The number of nitriles is 1. The molecular weight excluding hydrogens is 242 g/mol. The number of hydrogen-bond donors (Lipinski definition) is 2. The molecule has 1 fully saturated rings. The lowest BCUT2D eigenvalue weighted by Crippen LogP contribution is -2.59. The van der Waals surface area contributed by atoms with Crippen LogP contribution in [0.5, 0.6) is 0 Å². The monoisotopic (exact) mass is 259 g/mol. The van der Waals surface area contributed by atoms with Crippen LogP contribution >= 0.6 is 0 Å². The van der Waals surface area contributed by atoms with Crippen molar-refractivity contribution in [1.82, 2.24) is 10.6 Å². The number of carbonyl (C=O) groups excluding carboxylic acids is 1. The van der Waals surface area contributed by atoms with E-state index < -0.39 is 0 Å². The number of ether oxygens (including phenoxy) is 1. The van der Waals surface area contributed by atoms with Gasteiger partial charge in [-0.25, -0.2) is 0 Å². The minimum absolute atomic E-state index is 0.0656. The summed E-state index contributed by atoms with van der Waals surface area (Å²) in [5, 5.41) is 14.7. The van der Waals surface area contributed by atoms with Crippen molar-refractivity contribution >= 4 is 5.91 Å². The van der Waals surface area contributed by atoms with Gasteiger partial charge in [0.05, 0.1) is 17.2 Å². The SMILES string of the molecule is CC1(OCC(=O)NCc2cccc(C#N)c2)CNC1. The van der Waals surface area contributed by atoms with Crippen LogP contribution in [0.3, 0.4) is 0 Å². The predicted molar refractivity (Wildman–Crippen MR) is 70.2 cm³/mol. The molecule has 0 spiro atoms. The summed E-state index contributed by atoms with van der Waals surface area (Å²) in [6.07, 6.45) is 0. The summed E-state index contributed by atoms with van der Waals surface area (Å²) in [4.78, 5) is 11.6. The molecule has 0 aliphatic carbocycles. The van der Waals surface area contributed by atoms with Crippen LogP contribution in [0.1, 0.15) is 18.1 Å². The molecule has 1 aromatic rings. The Morgan fingerprint density at radius 3 is 3.00 bits per heavy atom. The van der Waals surface area contributed by atoms with Crippen molar-refractivity contribution < 1.29 is 9.53 Å². The molecule has 5 nitrogen and oxygen atoms in total. The van der Waals surface area contributed by atoms with Gasteiger partial charge in [-0.2, -0.15) is 5.26 Å². The molecule has 0 radical (unpaired) electrons. The molecule has 0 saturated carbocycles. The molecule has 100 valence electrons. The maximum Gasteiger partial charge on any atom is 0.246 e. The number of benzene rings is 1. The zero-order valence-corrected chi connectivity index (χ0v) is 10.9. The summed E-state index contributed by atoms with van der Waals surface area (Å²) in [5.74, 6) is -0.143. The Morgan fingerprint density at radius 2 is 2.37 bits per heavy atom. The van der Waals surface area contributed by atoms with Gasteiger partial charge in [0.15, 0.2) is 0 Å². The van der Waals surface area contributed by atoms with Gasteiger partial charge in [0, 0.05) is 19.6 Å². The number of nitrogens with one attached hydrogen (secondary N) is 2. The first kappa shape index (κ1) is 13.5. The van der Waals surface area contributed by atoms with Crippen molar-refractivity contribution in [3.63, 3.8) is 0 Å². The normalized spacial score (nSPS) is 16.2. The standard InChI is InChI=1S/C14H17N3O2/c1-14(9-16-10-14)19-8-13(18)17-7-12-4-2-3-11(5-12)6-15/h2-5,16H,7-10H2,1H3,(H,17,18). The number of amides is 1. The molecule has 0 atom stereocenters. The molecule has 1 aliphatic heterocycles. The number of hydrogen-bond acceptors (Lipinski definition) is 4. The lowest BCUT2D eigenvalue weighted by molar-refractivity contribution is -0.136. The van der Waals surface area contributed by atoms with E-state index in [2.05, 4.69) is 16.7 Å². The fourth-order valence-corrected chi connectivity index (χ4v) is 1.82. The van der Waals surface area contributed by atoms with E-state index in [4.69, 9.17) is 10.00 Å². The van der Waals surface area contributed by atoms with Gasteiger partial charge in [0.25, 0.3) is 0 Å². The van der Waals surface area contributed by atoms with Gasteiger partial charge in [-0.05, 0) is 24.6 Å². The van der Waals surface area contributed by atoms with E-state index >= 15 is 0 Å². The zero-order valence-electron chi connectivity index (χ0n) is 10.9. The molecule has 1 aromatic carbocycles. The van der Waals surface area contributed by atoms with E-state index in [0.717, 1.165) is 18.7 Å². The van der Waals surface area contributed by atoms with Gasteiger partial charge >= 0.3 is 0 Å². The van der Waals surface area contributed by atoms with Crippen LogP contribution in [-0.4, -0.2) is 31.2 Å². The number of rotatable bonds is 5. The third-order valence-electron chi connectivity index (χ3n) is 3.10. The van der Waals surface area contributed by atoms with Gasteiger partial charge in [-0.3, -0.25) is 4.79 Å². The van der Waals surface area contributed by atoms with E-state index in [1.165, 1.54) is 0 Å². The Kier molecular flexibility index (Phi) is 4.15. The minimum atomic E-state index is -0.210. The predicted octanol–water partition coefficient (Wildman–Crippen LogP) is 0.553. The maximum absolute atomic E-state index is 11.6. The second-order valence-corrected chi connectivity index (χ2v) is 4.93. The van der Waals surface area contributed by atoms with E-state index in [1.54, 1.807) is 18.2 Å². The Hall–Kier alpha value is -1.90. The van der Waals surface area contributed by atoms with E-state index in [1.807, 2.05) is 13.0 Å². The highest BCUT2D eigenvalue weighted by atomic mass is 16.5. The fourth-order valence-electron chi connectivity index (χ4n) is 1.82. The summed E-state index contributed by atoms with van der Waals surface area (Å²) in [7, 11) is 0. The molecule has 0 bridgehead atoms. The molecule has 1 amide bonds. The first-order chi connectivity index (χ1) is 9.11. The second-order valence-electron chi connectivity index (χ2n) is 4.93. The first-order valence-corrected chi connectivity index (χ1v) is 6.22. The second kappa shape index (κ2) is 5.83. The highest BCUT2D eigenvalue weighted by molar-refractivity contribution is 5.77. The van der Waals surface area contributed by atoms with Gasteiger partial charge in [0.2, 0.25) is 5.91 Å². The van der Waals surface area contributed by atoms with Crippen LogP contribution in [0, 0.1) is 11.3 Å². The van der Waals surface area contributed by atoms with Crippen LogP contribution in [0.15, 0.2) is 24.3 Å². The molecule has 1 aliphatic rings. The Morgan fingerprint density at radius 1 is 1.58 bits per heavy atom. The van der Waals surface area contributed by atoms with Crippen molar-refractivity contribution in [2.24, 2.45) is 0 Å². The summed E-state index contributed by atoms with van der Waals surface area (Å²) >= 11 is 0. The molecular formula is C14H17N3O2. The molecule has 5 heteroatoms. The van der Waals surface area contributed by atoms with Crippen LogP contribution < -0.4 is 10.6 Å².